The lowest BCUT2D eigenvalue weighted by molar-refractivity contribution is -0.143. The molecule has 0 bridgehead atoms. The van der Waals surface area contributed by atoms with E-state index in [1.165, 1.54) is 5.01 Å². The molecule has 3 N–H and O–H groups in total. The maximum absolute atomic E-state index is 13.0. The number of aliphatic carboxylic acids is 1. The lowest BCUT2D eigenvalue weighted by Gasteiger charge is -2.27. The molecule has 2 aromatic rings. The van der Waals surface area contributed by atoms with E-state index in [4.69, 9.17) is 0 Å². The number of hydrogen-bond acceptors (Lipinski definition) is 6. The van der Waals surface area contributed by atoms with Gasteiger partial charge in [0.2, 0.25) is 0 Å². The number of nitrogens with one attached hydrogen (secondary N) is 1. The number of phenolic OH excluding ortho intramolecular Hbond substituents is 1. The minimum absolute atomic E-state index is 0.00592. The Kier molecular flexibility index (Phi) is 6.65. The minimum Gasteiger partial charge on any atom is -0.505 e. The Morgan fingerprint density at radius 1 is 1.14 bits per heavy atom. The number of carbonyl (C=O) groups is 2. The first-order valence-corrected chi connectivity index (χ1v) is 11.9. The third-order valence-electron chi connectivity index (χ3n) is 6.78. The summed E-state index contributed by atoms with van der Waals surface area (Å²) in [6.45, 7) is 8.10. The Balaban J connectivity index is 1.51. The van der Waals surface area contributed by atoms with Gasteiger partial charge in [-0.05, 0) is 66.8 Å². The molecule has 1 aliphatic carbocycles. The number of aromatic hydroxyl groups is 1. The Labute approximate surface area is 205 Å². The zero-order valence-electron chi connectivity index (χ0n) is 20.6. The third-order valence-corrected chi connectivity index (χ3v) is 6.78. The number of carboxylic acids is 1. The zero-order valence-corrected chi connectivity index (χ0v) is 20.6. The van der Waals surface area contributed by atoms with Crippen molar-refractivity contribution >= 4 is 34.7 Å². The second-order valence-electron chi connectivity index (χ2n) is 10.3. The van der Waals surface area contributed by atoms with Gasteiger partial charge in [0.05, 0.1) is 23.0 Å². The Morgan fingerprint density at radius 2 is 1.86 bits per heavy atom. The van der Waals surface area contributed by atoms with Crippen LogP contribution in [-0.2, 0) is 15.0 Å². The van der Waals surface area contributed by atoms with Gasteiger partial charge >= 0.3 is 11.9 Å². The summed E-state index contributed by atoms with van der Waals surface area (Å²) >= 11 is 0. The fourth-order valence-electron chi connectivity index (χ4n) is 4.70. The van der Waals surface area contributed by atoms with E-state index in [-0.39, 0.29) is 28.7 Å². The van der Waals surface area contributed by atoms with Gasteiger partial charge in [-0.2, -0.15) is 15.2 Å². The highest BCUT2D eigenvalue weighted by molar-refractivity contribution is 6.71. The molecule has 2 aromatic carbocycles. The van der Waals surface area contributed by atoms with E-state index in [9.17, 15) is 19.8 Å². The van der Waals surface area contributed by atoms with Crippen molar-refractivity contribution in [1.82, 2.24) is 0 Å². The number of carboxylic acid groups (broad SMARTS) is 1. The number of anilines is 2. The maximum atomic E-state index is 13.0. The monoisotopic (exact) mass is 476 g/mol. The van der Waals surface area contributed by atoms with Gasteiger partial charge in [-0.1, -0.05) is 51.5 Å². The Hall–Kier alpha value is -3.68. The van der Waals surface area contributed by atoms with Crippen molar-refractivity contribution in [2.45, 2.75) is 64.7 Å². The van der Waals surface area contributed by atoms with Crippen molar-refractivity contribution in [2.24, 2.45) is 16.1 Å². The first kappa shape index (κ1) is 24.4. The van der Waals surface area contributed by atoms with Crippen LogP contribution in [0.4, 0.5) is 11.4 Å². The molecular weight excluding hydrogens is 444 g/mol. The van der Waals surface area contributed by atoms with E-state index < -0.39 is 11.9 Å². The molecule has 2 atom stereocenters. The normalized spacial score (nSPS) is 21.8. The van der Waals surface area contributed by atoms with Gasteiger partial charge < -0.3 is 10.2 Å². The SMILES string of the molecule is CC1=NN(c2ccc(C(C)(C)C)cc2)C(=O)/C1=N\Nc1cccc(C2CCCC(C(=O)O)C2)c1O. The largest absolute Gasteiger partial charge is 0.505 e. The fraction of sp³-hybridized carbons (Fsp3) is 0.407. The van der Waals surface area contributed by atoms with Crippen LogP contribution in [0, 0.1) is 5.92 Å². The number of benzene rings is 2. The lowest BCUT2D eigenvalue weighted by atomic mass is 9.77. The summed E-state index contributed by atoms with van der Waals surface area (Å²) in [5.74, 6) is -1.55. The zero-order chi connectivity index (χ0) is 25.3. The van der Waals surface area contributed by atoms with Crippen LogP contribution in [0.1, 0.15) is 70.4 Å². The predicted molar refractivity (Wildman–Crippen MR) is 137 cm³/mol. The van der Waals surface area contributed by atoms with Crippen LogP contribution in [0.5, 0.6) is 5.75 Å². The van der Waals surface area contributed by atoms with Crippen LogP contribution in [0.15, 0.2) is 52.7 Å². The maximum Gasteiger partial charge on any atom is 0.306 e. The average molecular weight is 477 g/mol. The number of rotatable bonds is 5. The first-order valence-electron chi connectivity index (χ1n) is 11.9. The van der Waals surface area contributed by atoms with Crippen molar-refractivity contribution < 1.29 is 19.8 Å². The summed E-state index contributed by atoms with van der Waals surface area (Å²) in [5, 5.41) is 30.3. The van der Waals surface area contributed by atoms with Crippen LogP contribution in [-0.4, -0.2) is 33.5 Å². The molecule has 1 aliphatic heterocycles. The molecule has 8 heteroatoms. The molecule has 2 unspecified atom stereocenters. The molecule has 1 amide bonds. The molecule has 2 aliphatic rings. The molecule has 4 rings (SSSR count). The van der Waals surface area contributed by atoms with Gasteiger partial charge in [-0.3, -0.25) is 15.0 Å². The number of carbonyl (C=O) groups excluding carboxylic acids is 1. The van der Waals surface area contributed by atoms with E-state index in [0.717, 1.165) is 18.4 Å². The standard InChI is InChI=1S/C27H32N4O4/c1-16-23(25(33)31(30-16)20-13-11-19(12-14-20)27(2,3)4)29-28-22-10-6-9-21(24(22)32)17-7-5-8-18(15-17)26(34)35/h6,9-14,17-18,28,32H,5,7-8,15H2,1-4H3,(H,34,35)/b29-23-. The van der Waals surface area contributed by atoms with Gasteiger partial charge in [0.25, 0.3) is 0 Å². The summed E-state index contributed by atoms with van der Waals surface area (Å²) in [6.07, 6.45) is 2.78. The third kappa shape index (κ3) is 5.06. The van der Waals surface area contributed by atoms with Crippen LogP contribution >= 0.6 is 0 Å². The van der Waals surface area contributed by atoms with Crippen molar-refractivity contribution in [1.29, 1.82) is 0 Å². The van der Waals surface area contributed by atoms with Gasteiger partial charge in [0.1, 0.15) is 5.75 Å². The number of phenols is 1. The fourth-order valence-corrected chi connectivity index (χ4v) is 4.70. The summed E-state index contributed by atoms with van der Waals surface area (Å²) < 4.78 is 0. The lowest BCUT2D eigenvalue weighted by Crippen LogP contribution is -2.28. The minimum atomic E-state index is -0.790. The van der Waals surface area contributed by atoms with E-state index in [0.29, 0.717) is 35.5 Å². The molecule has 0 aromatic heterocycles. The highest BCUT2D eigenvalue weighted by Gasteiger charge is 2.32. The Morgan fingerprint density at radius 3 is 2.51 bits per heavy atom. The van der Waals surface area contributed by atoms with Crippen LogP contribution in [0.25, 0.3) is 0 Å². The van der Waals surface area contributed by atoms with E-state index in [2.05, 4.69) is 36.4 Å². The molecule has 0 spiro atoms. The second-order valence-corrected chi connectivity index (χ2v) is 10.3. The van der Waals surface area contributed by atoms with Gasteiger partial charge in [-0.15, -0.1) is 0 Å². The molecule has 8 nitrogen and oxygen atoms in total. The predicted octanol–water partition coefficient (Wildman–Crippen LogP) is 5.24. The Bertz CT molecular complexity index is 1190. The molecule has 0 radical (unpaired) electrons. The smallest absolute Gasteiger partial charge is 0.306 e. The second kappa shape index (κ2) is 9.52. The highest BCUT2D eigenvalue weighted by atomic mass is 16.4. The van der Waals surface area contributed by atoms with E-state index >= 15 is 0 Å². The van der Waals surface area contributed by atoms with Crippen LogP contribution in [0.3, 0.4) is 0 Å². The summed E-state index contributed by atoms with van der Waals surface area (Å²) in [6, 6.07) is 13.0. The van der Waals surface area contributed by atoms with Crippen molar-refractivity contribution in [3.8, 4) is 5.75 Å². The number of hydrogen-bond donors (Lipinski definition) is 3. The molecule has 1 heterocycles. The van der Waals surface area contributed by atoms with Crippen LogP contribution < -0.4 is 10.4 Å². The average Bonchev–Trinajstić information content (AvgIpc) is 3.11. The van der Waals surface area contributed by atoms with Crippen LogP contribution in [0.2, 0.25) is 0 Å². The molecule has 184 valence electrons. The van der Waals surface area contributed by atoms with Gasteiger partial charge in [0, 0.05) is 0 Å². The van der Waals surface area contributed by atoms with Crippen molar-refractivity contribution in [3.05, 3.63) is 53.6 Å². The van der Waals surface area contributed by atoms with E-state index in [1.54, 1.807) is 19.1 Å². The quantitative estimate of drug-likeness (QED) is 0.403. The highest BCUT2D eigenvalue weighted by Crippen LogP contribution is 2.42. The first-order chi connectivity index (χ1) is 16.6. The van der Waals surface area contributed by atoms with Crippen molar-refractivity contribution in [3.63, 3.8) is 0 Å². The van der Waals surface area contributed by atoms with E-state index in [1.807, 2.05) is 30.3 Å². The number of hydrazone groups is 2. The van der Waals surface area contributed by atoms with Gasteiger partial charge in [0.15, 0.2) is 5.71 Å². The topological polar surface area (TPSA) is 115 Å². The molecule has 35 heavy (non-hydrogen) atoms. The molecule has 1 saturated carbocycles. The number of amides is 1. The number of nitrogens with zero attached hydrogens (tertiary/aromatic N) is 3. The number of para-hydroxylation sites is 1. The van der Waals surface area contributed by atoms with Crippen molar-refractivity contribution in [2.75, 3.05) is 10.4 Å². The van der Waals surface area contributed by atoms with Gasteiger partial charge in [-0.25, -0.2) is 0 Å². The molecule has 0 saturated heterocycles. The molecule has 1 fully saturated rings. The summed E-state index contributed by atoms with van der Waals surface area (Å²) in [4.78, 5) is 24.5. The summed E-state index contributed by atoms with van der Waals surface area (Å²) in [5.41, 5.74) is 6.34. The summed E-state index contributed by atoms with van der Waals surface area (Å²) in [7, 11) is 0. The molecular formula is C27H32N4O4.